The molecule has 1 fully saturated rings. The summed E-state index contributed by atoms with van der Waals surface area (Å²) >= 11 is 1.68. The number of rotatable bonds is 4. The van der Waals surface area contributed by atoms with Gasteiger partial charge in [-0.25, -0.2) is 4.79 Å². The van der Waals surface area contributed by atoms with E-state index in [1.807, 2.05) is 6.07 Å². The van der Waals surface area contributed by atoms with Gasteiger partial charge in [0.05, 0.1) is 0 Å². The van der Waals surface area contributed by atoms with Gasteiger partial charge in [-0.1, -0.05) is 6.92 Å². The first kappa shape index (κ1) is 14.3. The molecule has 1 N–H and O–H groups in total. The molecule has 104 valence electrons. The normalized spacial score (nSPS) is 21.6. The highest BCUT2D eigenvalue weighted by molar-refractivity contribution is 7.12. The average Bonchev–Trinajstić information content (AvgIpc) is 2.71. The van der Waals surface area contributed by atoms with Crippen LogP contribution in [0.3, 0.4) is 0 Å². The highest BCUT2D eigenvalue weighted by atomic mass is 32.1. The molecular formula is C15H21NO2S. The number of nitrogens with zero attached hydrogens (tertiary/aromatic N) is 1. The number of carboxylic acids is 1. The second kappa shape index (κ2) is 6.87. The summed E-state index contributed by atoms with van der Waals surface area (Å²) in [5.74, 6) is -0.0427. The van der Waals surface area contributed by atoms with Crippen LogP contribution in [0.15, 0.2) is 18.2 Å². The predicted molar refractivity (Wildman–Crippen MR) is 79.3 cm³/mol. The smallest absolute Gasteiger partial charge is 0.328 e. The predicted octanol–water partition coefficient (Wildman–Crippen LogP) is 3.47. The van der Waals surface area contributed by atoms with Gasteiger partial charge in [-0.3, -0.25) is 4.90 Å². The second-order valence-electron chi connectivity index (χ2n) is 5.29. The lowest BCUT2D eigenvalue weighted by Gasteiger charge is -2.18. The first-order valence-corrected chi connectivity index (χ1v) is 7.67. The van der Waals surface area contributed by atoms with Crippen molar-refractivity contribution in [3.8, 4) is 0 Å². The molecule has 1 unspecified atom stereocenters. The van der Waals surface area contributed by atoms with Crippen molar-refractivity contribution in [3.05, 3.63) is 28.0 Å². The van der Waals surface area contributed by atoms with Crippen LogP contribution in [0.1, 0.15) is 35.9 Å². The van der Waals surface area contributed by atoms with E-state index in [4.69, 9.17) is 5.11 Å². The largest absolute Gasteiger partial charge is 0.478 e. The molecule has 0 radical (unpaired) electrons. The van der Waals surface area contributed by atoms with E-state index in [1.54, 1.807) is 17.4 Å². The van der Waals surface area contributed by atoms with E-state index in [-0.39, 0.29) is 0 Å². The number of hydrogen-bond donors (Lipinski definition) is 1. The Bertz CT molecular complexity index is 453. The van der Waals surface area contributed by atoms with Crippen LogP contribution < -0.4 is 0 Å². The molecule has 4 heteroatoms. The van der Waals surface area contributed by atoms with E-state index in [1.165, 1.54) is 43.3 Å². The zero-order chi connectivity index (χ0) is 13.7. The maximum atomic E-state index is 10.5. The lowest BCUT2D eigenvalue weighted by molar-refractivity contribution is -0.131. The van der Waals surface area contributed by atoms with E-state index in [0.717, 1.165) is 17.3 Å². The molecule has 1 aromatic heterocycles. The molecule has 1 saturated heterocycles. The Kier molecular flexibility index (Phi) is 5.16. The minimum Gasteiger partial charge on any atom is -0.478 e. The SMILES string of the molecule is CC1CCCN(Cc2ccc(C=CC(=O)O)s2)CC1. The molecular weight excluding hydrogens is 258 g/mol. The summed E-state index contributed by atoms with van der Waals surface area (Å²) in [6.07, 6.45) is 6.78. The Balaban J connectivity index is 1.90. The minimum atomic E-state index is -0.892. The summed E-state index contributed by atoms with van der Waals surface area (Å²) < 4.78 is 0. The van der Waals surface area contributed by atoms with Crippen LogP contribution in [-0.2, 0) is 11.3 Å². The molecule has 1 aromatic rings. The fourth-order valence-corrected chi connectivity index (χ4v) is 3.38. The number of thiophene rings is 1. The highest BCUT2D eigenvalue weighted by Gasteiger charge is 2.14. The van der Waals surface area contributed by atoms with Gasteiger partial charge in [0.1, 0.15) is 0 Å². The Hall–Kier alpha value is -1.13. The van der Waals surface area contributed by atoms with Crippen LogP contribution in [0.2, 0.25) is 0 Å². The van der Waals surface area contributed by atoms with Gasteiger partial charge in [0, 0.05) is 22.4 Å². The first-order chi connectivity index (χ1) is 9.13. The van der Waals surface area contributed by atoms with Crippen LogP contribution in [0.5, 0.6) is 0 Å². The van der Waals surface area contributed by atoms with Crippen molar-refractivity contribution in [1.82, 2.24) is 4.90 Å². The zero-order valence-electron chi connectivity index (χ0n) is 11.3. The summed E-state index contributed by atoms with van der Waals surface area (Å²) in [4.78, 5) is 15.3. The second-order valence-corrected chi connectivity index (χ2v) is 6.49. The standard InChI is InChI=1S/C15H21NO2S/c1-12-3-2-9-16(10-8-12)11-14-5-4-13(19-14)6-7-15(17)18/h4-7,12H,2-3,8-11H2,1H3,(H,17,18). The van der Waals surface area contributed by atoms with Gasteiger partial charge in [0.25, 0.3) is 0 Å². The van der Waals surface area contributed by atoms with Crippen molar-refractivity contribution in [1.29, 1.82) is 0 Å². The fraction of sp³-hybridized carbons (Fsp3) is 0.533. The molecule has 19 heavy (non-hydrogen) atoms. The van der Waals surface area contributed by atoms with Crippen molar-refractivity contribution >= 4 is 23.4 Å². The number of aliphatic carboxylic acids is 1. The molecule has 1 atom stereocenters. The lowest BCUT2D eigenvalue weighted by Crippen LogP contribution is -2.23. The van der Waals surface area contributed by atoms with Crippen LogP contribution in [0.25, 0.3) is 6.08 Å². The fourth-order valence-electron chi connectivity index (χ4n) is 2.42. The van der Waals surface area contributed by atoms with Gasteiger partial charge in [-0.05, 0) is 56.5 Å². The molecule has 0 saturated carbocycles. The third-order valence-corrected chi connectivity index (χ3v) is 4.60. The number of carbonyl (C=O) groups is 1. The van der Waals surface area contributed by atoms with Crippen molar-refractivity contribution in [2.45, 2.75) is 32.7 Å². The van der Waals surface area contributed by atoms with Gasteiger partial charge in [-0.2, -0.15) is 0 Å². The molecule has 1 aliphatic rings. The summed E-state index contributed by atoms with van der Waals surface area (Å²) in [6.45, 7) is 5.70. The topological polar surface area (TPSA) is 40.5 Å². The summed E-state index contributed by atoms with van der Waals surface area (Å²) in [6, 6.07) is 4.11. The van der Waals surface area contributed by atoms with Crippen molar-refractivity contribution in [3.63, 3.8) is 0 Å². The van der Waals surface area contributed by atoms with Crippen LogP contribution in [-0.4, -0.2) is 29.1 Å². The van der Waals surface area contributed by atoms with Crippen LogP contribution in [0.4, 0.5) is 0 Å². The summed E-state index contributed by atoms with van der Waals surface area (Å²) in [5, 5.41) is 8.61. The lowest BCUT2D eigenvalue weighted by atomic mass is 10.0. The third kappa shape index (κ3) is 4.80. The summed E-state index contributed by atoms with van der Waals surface area (Å²) in [5.41, 5.74) is 0. The monoisotopic (exact) mass is 279 g/mol. The molecule has 0 amide bonds. The molecule has 2 rings (SSSR count). The molecule has 0 aromatic carbocycles. The maximum absolute atomic E-state index is 10.5. The Morgan fingerprint density at radius 1 is 1.47 bits per heavy atom. The molecule has 0 spiro atoms. The van der Waals surface area contributed by atoms with Crippen LogP contribution >= 0.6 is 11.3 Å². The minimum absolute atomic E-state index is 0.849. The molecule has 0 bridgehead atoms. The van der Waals surface area contributed by atoms with Crippen molar-refractivity contribution in [2.75, 3.05) is 13.1 Å². The molecule has 1 aliphatic heterocycles. The van der Waals surface area contributed by atoms with E-state index in [0.29, 0.717) is 0 Å². The van der Waals surface area contributed by atoms with Gasteiger partial charge in [0.2, 0.25) is 0 Å². The van der Waals surface area contributed by atoms with Crippen LogP contribution in [0, 0.1) is 5.92 Å². The third-order valence-electron chi connectivity index (χ3n) is 3.56. The number of carboxylic acid groups (broad SMARTS) is 1. The Labute approximate surface area is 118 Å². The first-order valence-electron chi connectivity index (χ1n) is 6.85. The van der Waals surface area contributed by atoms with Gasteiger partial charge in [-0.15, -0.1) is 11.3 Å². The molecule has 2 heterocycles. The highest BCUT2D eigenvalue weighted by Crippen LogP contribution is 2.22. The Morgan fingerprint density at radius 3 is 3.11 bits per heavy atom. The number of hydrogen-bond acceptors (Lipinski definition) is 3. The average molecular weight is 279 g/mol. The quantitative estimate of drug-likeness (QED) is 0.858. The van der Waals surface area contributed by atoms with E-state index < -0.39 is 5.97 Å². The van der Waals surface area contributed by atoms with E-state index >= 15 is 0 Å². The van der Waals surface area contributed by atoms with Gasteiger partial charge < -0.3 is 5.11 Å². The van der Waals surface area contributed by atoms with E-state index in [9.17, 15) is 4.79 Å². The molecule has 3 nitrogen and oxygen atoms in total. The summed E-state index contributed by atoms with van der Waals surface area (Å²) in [7, 11) is 0. The number of likely N-dealkylation sites (tertiary alicyclic amines) is 1. The maximum Gasteiger partial charge on any atom is 0.328 e. The van der Waals surface area contributed by atoms with Gasteiger partial charge >= 0.3 is 5.97 Å². The van der Waals surface area contributed by atoms with Crippen molar-refractivity contribution in [2.24, 2.45) is 5.92 Å². The zero-order valence-corrected chi connectivity index (χ0v) is 12.2. The Morgan fingerprint density at radius 2 is 2.32 bits per heavy atom. The van der Waals surface area contributed by atoms with E-state index in [2.05, 4.69) is 17.9 Å². The molecule has 0 aliphatic carbocycles. The van der Waals surface area contributed by atoms with Gasteiger partial charge in [0.15, 0.2) is 0 Å². The van der Waals surface area contributed by atoms with Crippen molar-refractivity contribution < 1.29 is 9.90 Å².